The Hall–Kier alpha value is -2.35. The summed E-state index contributed by atoms with van der Waals surface area (Å²) in [5.41, 5.74) is 0.396. The molecule has 0 aliphatic carbocycles. The molecule has 1 atom stereocenters. The molecule has 0 saturated heterocycles. The van der Waals surface area contributed by atoms with Crippen molar-refractivity contribution in [2.24, 2.45) is 5.41 Å². The highest BCUT2D eigenvalue weighted by Crippen LogP contribution is 2.30. The minimum Gasteiger partial charge on any atom is -0.478 e. The van der Waals surface area contributed by atoms with E-state index in [0.29, 0.717) is 0 Å². The summed E-state index contributed by atoms with van der Waals surface area (Å²) < 4.78 is 0. The largest absolute Gasteiger partial charge is 0.478 e. The first kappa shape index (κ1) is 14.7. The summed E-state index contributed by atoms with van der Waals surface area (Å²) in [5, 5.41) is 9.12. The zero-order chi connectivity index (χ0) is 14.3. The number of carboxylic acid groups (broad SMARTS) is 1. The Kier molecular flexibility index (Phi) is 5.07. The minimum absolute atomic E-state index is 0.123. The number of aliphatic carboxylic acids is 1. The van der Waals surface area contributed by atoms with Crippen LogP contribution in [0.2, 0.25) is 0 Å². The third kappa shape index (κ3) is 4.11. The van der Waals surface area contributed by atoms with Gasteiger partial charge in [-0.3, -0.25) is 0 Å². The Morgan fingerprint density at radius 3 is 2.42 bits per heavy atom. The van der Waals surface area contributed by atoms with Crippen LogP contribution >= 0.6 is 0 Å². The standard InChI is InChI=1S/C17H18O2/c1-4-5-12-17(3,14(2)16(18)19)13-11-15-9-7-6-8-10-15/h4-13H,1-2H2,3H3,(H,18,19). The fourth-order valence-electron chi connectivity index (χ4n) is 1.59. The normalized spacial score (nSPS) is 14.4. The van der Waals surface area contributed by atoms with Gasteiger partial charge < -0.3 is 5.11 Å². The summed E-state index contributed by atoms with van der Waals surface area (Å²) in [4.78, 5) is 11.1. The lowest BCUT2D eigenvalue weighted by Gasteiger charge is -2.22. The van der Waals surface area contributed by atoms with Gasteiger partial charge in [-0.25, -0.2) is 4.79 Å². The van der Waals surface area contributed by atoms with Gasteiger partial charge in [-0.05, 0) is 12.5 Å². The molecule has 1 unspecified atom stereocenters. The molecule has 0 aliphatic heterocycles. The fourth-order valence-corrected chi connectivity index (χ4v) is 1.59. The predicted molar refractivity (Wildman–Crippen MR) is 79.7 cm³/mol. The monoisotopic (exact) mass is 254 g/mol. The van der Waals surface area contributed by atoms with Crippen LogP contribution in [0.25, 0.3) is 6.08 Å². The van der Waals surface area contributed by atoms with E-state index in [4.69, 9.17) is 5.11 Å². The summed E-state index contributed by atoms with van der Waals surface area (Å²) >= 11 is 0. The van der Waals surface area contributed by atoms with Crippen molar-refractivity contribution in [3.63, 3.8) is 0 Å². The molecule has 1 rings (SSSR count). The van der Waals surface area contributed by atoms with Crippen LogP contribution in [0.4, 0.5) is 0 Å². The summed E-state index contributed by atoms with van der Waals surface area (Å²) in [6.07, 6.45) is 8.84. The van der Waals surface area contributed by atoms with Gasteiger partial charge >= 0.3 is 5.97 Å². The SMILES string of the molecule is C=CC=CC(C)(C=Cc1ccccc1)C(=C)C(=O)O. The first-order chi connectivity index (χ1) is 8.99. The predicted octanol–water partition coefficient (Wildman–Crippen LogP) is 4.09. The molecule has 0 spiro atoms. The number of carbonyl (C=O) groups is 1. The van der Waals surface area contributed by atoms with Crippen molar-refractivity contribution in [2.75, 3.05) is 0 Å². The van der Waals surface area contributed by atoms with Crippen molar-refractivity contribution in [2.45, 2.75) is 6.92 Å². The molecule has 1 N–H and O–H groups in total. The van der Waals surface area contributed by atoms with E-state index in [0.717, 1.165) is 5.56 Å². The van der Waals surface area contributed by atoms with Crippen LogP contribution in [0.5, 0.6) is 0 Å². The van der Waals surface area contributed by atoms with Gasteiger partial charge in [-0.15, -0.1) is 0 Å². The summed E-state index contributed by atoms with van der Waals surface area (Å²) in [7, 11) is 0. The molecule has 1 aromatic carbocycles. The average Bonchev–Trinajstić information content (AvgIpc) is 2.43. The third-order valence-electron chi connectivity index (χ3n) is 2.91. The molecule has 0 saturated carbocycles. The van der Waals surface area contributed by atoms with Crippen molar-refractivity contribution < 1.29 is 9.90 Å². The van der Waals surface area contributed by atoms with Crippen LogP contribution in [0.1, 0.15) is 12.5 Å². The zero-order valence-electron chi connectivity index (χ0n) is 11.0. The Labute approximate surface area is 114 Å². The highest BCUT2D eigenvalue weighted by Gasteiger charge is 2.26. The summed E-state index contributed by atoms with van der Waals surface area (Å²) in [6.45, 7) is 9.06. The van der Waals surface area contributed by atoms with E-state index in [9.17, 15) is 4.79 Å². The highest BCUT2D eigenvalue weighted by molar-refractivity contribution is 5.88. The Balaban J connectivity index is 3.08. The van der Waals surface area contributed by atoms with Gasteiger partial charge in [0.2, 0.25) is 0 Å². The maximum atomic E-state index is 11.1. The van der Waals surface area contributed by atoms with Gasteiger partial charge in [0.25, 0.3) is 0 Å². The topological polar surface area (TPSA) is 37.3 Å². The second-order valence-corrected chi connectivity index (χ2v) is 4.41. The molecule has 0 fully saturated rings. The van der Waals surface area contributed by atoms with E-state index in [1.54, 1.807) is 18.2 Å². The number of benzene rings is 1. The van der Waals surface area contributed by atoms with Crippen LogP contribution in [-0.2, 0) is 4.79 Å². The quantitative estimate of drug-likeness (QED) is 0.613. The van der Waals surface area contributed by atoms with Crippen LogP contribution in [0, 0.1) is 5.41 Å². The summed E-state index contributed by atoms with van der Waals surface area (Å²) in [6, 6.07) is 9.71. The van der Waals surface area contributed by atoms with E-state index in [1.807, 2.05) is 49.4 Å². The second kappa shape index (κ2) is 6.55. The lowest BCUT2D eigenvalue weighted by Crippen LogP contribution is -2.19. The van der Waals surface area contributed by atoms with E-state index >= 15 is 0 Å². The molecule has 2 heteroatoms. The minimum atomic E-state index is -1.01. The zero-order valence-corrected chi connectivity index (χ0v) is 11.0. The fraction of sp³-hybridized carbons (Fsp3) is 0.118. The third-order valence-corrected chi connectivity index (χ3v) is 2.91. The molecule has 19 heavy (non-hydrogen) atoms. The summed E-state index contributed by atoms with van der Waals surface area (Å²) in [5.74, 6) is -1.01. The Morgan fingerprint density at radius 2 is 1.89 bits per heavy atom. The molecule has 2 nitrogen and oxygen atoms in total. The molecule has 1 aromatic rings. The van der Waals surface area contributed by atoms with E-state index < -0.39 is 11.4 Å². The van der Waals surface area contributed by atoms with Crippen LogP contribution in [0.15, 0.2) is 73.4 Å². The van der Waals surface area contributed by atoms with Gasteiger partial charge in [-0.1, -0.05) is 73.9 Å². The van der Waals surface area contributed by atoms with Gasteiger partial charge in [0.1, 0.15) is 0 Å². The molecule has 0 bridgehead atoms. The molecule has 0 aromatic heterocycles. The average molecular weight is 254 g/mol. The maximum absolute atomic E-state index is 11.1. The van der Waals surface area contributed by atoms with Gasteiger partial charge in [0.15, 0.2) is 0 Å². The number of hydrogen-bond donors (Lipinski definition) is 1. The number of allylic oxidation sites excluding steroid dienone is 4. The van der Waals surface area contributed by atoms with E-state index in [1.165, 1.54) is 0 Å². The smallest absolute Gasteiger partial charge is 0.332 e. The van der Waals surface area contributed by atoms with Crippen molar-refractivity contribution >= 4 is 12.0 Å². The molecular formula is C17H18O2. The first-order valence-electron chi connectivity index (χ1n) is 5.97. The maximum Gasteiger partial charge on any atom is 0.332 e. The first-order valence-corrected chi connectivity index (χ1v) is 5.97. The van der Waals surface area contributed by atoms with Crippen molar-refractivity contribution in [1.82, 2.24) is 0 Å². The second-order valence-electron chi connectivity index (χ2n) is 4.41. The highest BCUT2D eigenvalue weighted by atomic mass is 16.4. The number of hydrogen-bond acceptors (Lipinski definition) is 1. The lowest BCUT2D eigenvalue weighted by atomic mass is 9.81. The Bertz CT molecular complexity index is 523. The number of carboxylic acids is 1. The molecule has 0 heterocycles. The molecule has 0 radical (unpaired) electrons. The van der Waals surface area contributed by atoms with Crippen LogP contribution in [0.3, 0.4) is 0 Å². The van der Waals surface area contributed by atoms with Crippen molar-refractivity contribution in [1.29, 1.82) is 0 Å². The van der Waals surface area contributed by atoms with E-state index in [2.05, 4.69) is 13.2 Å². The van der Waals surface area contributed by atoms with Crippen LogP contribution in [-0.4, -0.2) is 11.1 Å². The van der Waals surface area contributed by atoms with Gasteiger partial charge in [-0.2, -0.15) is 0 Å². The van der Waals surface area contributed by atoms with Crippen molar-refractivity contribution in [3.8, 4) is 0 Å². The Morgan fingerprint density at radius 1 is 1.26 bits per heavy atom. The van der Waals surface area contributed by atoms with Crippen molar-refractivity contribution in [3.05, 3.63) is 78.9 Å². The lowest BCUT2D eigenvalue weighted by molar-refractivity contribution is -0.133. The molecular weight excluding hydrogens is 236 g/mol. The molecule has 98 valence electrons. The van der Waals surface area contributed by atoms with Crippen LogP contribution < -0.4 is 0 Å². The number of rotatable bonds is 6. The van der Waals surface area contributed by atoms with Gasteiger partial charge in [0.05, 0.1) is 0 Å². The molecule has 0 amide bonds. The van der Waals surface area contributed by atoms with Gasteiger partial charge in [0, 0.05) is 11.0 Å². The molecule has 0 aliphatic rings. The van der Waals surface area contributed by atoms with E-state index in [-0.39, 0.29) is 5.57 Å².